The number of nitrogens with two attached hydrogens (primary N) is 1. The van der Waals surface area contributed by atoms with Crippen LogP contribution in [-0.4, -0.2) is 0 Å². The zero-order chi connectivity index (χ0) is 14.9. The topological polar surface area (TPSA) is 26.0 Å². The quantitative estimate of drug-likeness (QED) is 0.861. The molecule has 2 aromatic carbocycles. The Hall–Kier alpha value is -1.31. The maximum Gasteiger partial charge on any atom is 0.0411 e. The van der Waals surface area contributed by atoms with Crippen LogP contribution in [0.15, 0.2) is 30.3 Å². The third-order valence-electron chi connectivity index (χ3n) is 3.76. The summed E-state index contributed by atoms with van der Waals surface area (Å²) in [5.41, 5.74) is 13.9. The molecule has 0 heterocycles. The highest BCUT2D eigenvalue weighted by Crippen LogP contribution is 2.25. The predicted octanol–water partition coefficient (Wildman–Crippen LogP) is 4.82. The summed E-state index contributed by atoms with van der Waals surface area (Å²) in [4.78, 5) is 0. The fourth-order valence-electron chi connectivity index (χ4n) is 2.85. The van der Waals surface area contributed by atoms with Gasteiger partial charge in [-0.3, -0.25) is 0 Å². The lowest BCUT2D eigenvalue weighted by Gasteiger charge is -2.17. The predicted molar refractivity (Wildman–Crippen MR) is 87.5 cm³/mol. The largest absolute Gasteiger partial charge is 0.324 e. The maximum atomic E-state index is 6.38. The van der Waals surface area contributed by atoms with Crippen LogP contribution in [0, 0.1) is 27.7 Å². The van der Waals surface area contributed by atoms with Crippen molar-refractivity contribution in [2.24, 2.45) is 5.73 Å². The van der Waals surface area contributed by atoms with E-state index < -0.39 is 0 Å². The molecular weight excluding hydrogens is 266 g/mol. The summed E-state index contributed by atoms with van der Waals surface area (Å²) in [6.45, 7) is 8.49. The number of hydrogen-bond donors (Lipinski definition) is 1. The highest BCUT2D eigenvalue weighted by Gasteiger charge is 2.12. The highest BCUT2D eigenvalue weighted by atomic mass is 35.5. The first kappa shape index (κ1) is 15.1. The molecule has 0 spiro atoms. The molecule has 0 bridgehead atoms. The second-order valence-corrected chi connectivity index (χ2v) is 6.19. The second kappa shape index (κ2) is 5.99. The first-order chi connectivity index (χ1) is 9.36. The van der Waals surface area contributed by atoms with Crippen molar-refractivity contribution in [2.45, 2.75) is 40.2 Å². The molecule has 0 amide bonds. The van der Waals surface area contributed by atoms with Gasteiger partial charge in [-0.1, -0.05) is 35.4 Å². The Balaban J connectivity index is 2.30. The van der Waals surface area contributed by atoms with Crippen molar-refractivity contribution in [3.8, 4) is 0 Å². The lowest BCUT2D eigenvalue weighted by Crippen LogP contribution is -2.15. The van der Waals surface area contributed by atoms with Gasteiger partial charge in [0.25, 0.3) is 0 Å². The number of rotatable bonds is 3. The molecule has 2 heteroatoms. The monoisotopic (exact) mass is 287 g/mol. The molecule has 0 fully saturated rings. The summed E-state index contributed by atoms with van der Waals surface area (Å²) in [5, 5.41) is 0.757. The Kier molecular flexibility index (Phi) is 4.52. The summed E-state index contributed by atoms with van der Waals surface area (Å²) in [6, 6.07) is 10.5. The number of halogens is 1. The third kappa shape index (κ3) is 3.41. The Morgan fingerprint density at radius 1 is 0.900 bits per heavy atom. The average molecular weight is 288 g/mol. The van der Waals surface area contributed by atoms with Crippen molar-refractivity contribution < 1.29 is 0 Å². The van der Waals surface area contributed by atoms with Crippen LogP contribution in [0.5, 0.6) is 0 Å². The molecule has 1 unspecified atom stereocenters. The van der Waals surface area contributed by atoms with Crippen LogP contribution < -0.4 is 5.73 Å². The van der Waals surface area contributed by atoms with Crippen molar-refractivity contribution >= 4 is 11.6 Å². The lowest BCUT2D eigenvalue weighted by molar-refractivity contribution is 0.714. The summed E-state index contributed by atoms with van der Waals surface area (Å²) in [7, 11) is 0. The van der Waals surface area contributed by atoms with E-state index in [1.54, 1.807) is 0 Å². The second-order valence-electron chi connectivity index (χ2n) is 5.75. The van der Waals surface area contributed by atoms with E-state index in [0.717, 1.165) is 22.6 Å². The first-order valence-corrected chi connectivity index (χ1v) is 7.34. The summed E-state index contributed by atoms with van der Waals surface area (Å²) < 4.78 is 0. The molecule has 0 aromatic heterocycles. The molecule has 1 nitrogen and oxygen atoms in total. The number of hydrogen-bond acceptors (Lipinski definition) is 1. The van der Waals surface area contributed by atoms with Crippen LogP contribution in [0.25, 0.3) is 0 Å². The summed E-state index contributed by atoms with van der Waals surface area (Å²) >= 11 is 6.12. The maximum absolute atomic E-state index is 6.38. The average Bonchev–Trinajstić information content (AvgIpc) is 2.32. The van der Waals surface area contributed by atoms with Gasteiger partial charge in [0, 0.05) is 11.1 Å². The summed E-state index contributed by atoms with van der Waals surface area (Å²) in [5.74, 6) is 0. The number of benzene rings is 2. The van der Waals surface area contributed by atoms with Gasteiger partial charge < -0.3 is 5.73 Å². The van der Waals surface area contributed by atoms with Crippen LogP contribution in [-0.2, 0) is 6.42 Å². The van der Waals surface area contributed by atoms with Crippen molar-refractivity contribution in [1.82, 2.24) is 0 Å². The normalized spacial score (nSPS) is 12.5. The van der Waals surface area contributed by atoms with Gasteiger partial charge in [0.1, 0.15) is 0 Å². The Morgan fingerprint density at radius 2 is 1.45 bits per heavy atom. The van der Waals surface area contributed by atoms with Gasteiger partial charge in [-0.05, 0) is 74.1 Å². The molecule has 2 rings (SSSR count). The van der Waals surface area contributed by atoms with Gasteiger partial charge in [-0.25, -0.2) is 0 Å². The number of aryl methyl sites for hydroxylation is 4. The van der Waals surface area contributed by atoms with E-state index in [0.29, 0.717) is 0 Å². The van der Waals surface area contributed by atoms with Crippen molar-refractivity contribution in [2.75, 3.05) is 0 Å². The highest BCUT2D eigenvalue weighted by molar-refractivity contribution is 6.30. The van der Waals surface area contributed by atoms with Crippen molar-refractivity contribution in [3.63, 3.8) is 0 Å². The van der Waals surface area contributed by atoms with Gasteiger partial charge >= 0.3 is 0 Å². The third-order valence-corrected chi connectivity index (χ3v) is 3.98. The fraction of sp³-hybridized carbons (Fsp3) is 0.333. The summed E-state index contributed by atoms with van der Waals surface area (Å²) in [6.07, 6.45) is 0.845. The Labute approximate surface area is 126 Å². The zero-order valence-electron chi connectivity index (χ0n) is 12.6. The van der Waals surface area contributed by atoms with E-state index in [4.69, 9.17) is 17.3 Å². The zero-order valence-corrected chi connectivity index (χ0v) is 13.4. The minimum atomic E-state index is -0.0208. The molecule has 0 radical (unpaired) electrons. The molecule has 0 aliphatic rings. The molecule has 0 saturated carbocycles. The van der Waals surface area contributed by atoms with Crippen molar-refractivity contribution in [1.29, 1.82) is 0 Å². The lowest BCUT2D eigenvalue weighted by atomic mass is 9.92. The van der Waals surface area contributed by atoms with E-state index in [1.165, 1.54) is 22.3 Å². The smallest absolute Gasteiger partial charge is 0.0411 e. The Morgan fingerprint density at radius 3 is 2.00 bits per heavy atom. The molecular formula is C18H22ClN. The Bertz CT molecular complexity index is 588. The SMILES string of the molecule is Cc1cc(Cl)cc(C(N)Cc2c(C)cc(C)cc2C)c1. The van der Waals surface area contributed by atoms with E-state index in [-0.39, 0.29) is 6.04 Å². The molecule has 0 aliphatic carbocycles. The molecule has 0 saturated heterocycles. The van der Waals surface area contributed by atoms with Gasteiger partial charge in [-0.2, -0.15) is 0 Å². The minimum Gasteiger partial charge on any atom is -0.324 e. The van der Waals surface area contributed by atoms with Crippen molar-refractivity contribution in [3.05, 3.63) is 68.7 Å². The molecule has 2 aromatic rings. The van der Waals surface area contributed by atoms with Crippen LogP contribution in [0.3, 0.4) is 0 Å². The molecule has 2 N–H and O–H groups in total. The standard InChI is InChI=1S/C18H22ClN/c1-11-5-13(3)17(14(4)6-11)10-18(20)15-7-12(2)8-16(19)9-15/h5-9,18H,10,20H2,1-4H3. The van der Waals surface area contributed by atoms with E-state index >= 15 is 0 Å². The molecule has 20 heavy (non-hydrogen) atoms. The van der Waals surface area contributed by atoms with E-state index in [1.807, 2.05) is 19.1 Å². The van der Waals surface area contributed by atoms with Gasteiger partial charge in [0.05, 0.1) is 0 Å². The van der Waals surface area contributed by atoms with Gasteiger partial charge in [0.2, 0.25) is 0 Å². The van der Waals surface area contributed by atoms with Crippen LogP contribution in [0.4, 0.5) is 0 Å². The van der Waals surface area contributed by atoms with Crippen LogP contribution >= 0.6 is 11.6 Å². The first-order valence-electron chi connectivity index (χ1n) is 6.96. The van der Waals surface area contributed by atoms with Gasteiger partial charge in [-0.15, -0.1) is 0 Å². The fourth-order valence-corrected chi connectivity index (χ4v) is 3.15. The van der Waals surface area contributed by atoms with E-state index in [2.05, 4.69) is 39.0 Å². The molecule has 106 valence electrons. The van der Waals surface area contributed by atoms with Gasteiger partial charge in [0.15, 0.2) is 0 Å². The van der Waals surface area contributed by atoms with Crippen LogP contribution in [0.2, 0.25) is 5.02 Å². The van der Waals surface area contributed by atoms with E-state index in [9.17, 15) is 0 Å². The minimum absolute atomic E-state index is 0.0208. The van der Waals surface area contributed by atoms with Crippen LogP contribution in [0.1, 0.15) is 39.4 Å². The molecule has 1 atom stereocenters. The molecule has 0 aliphatic heterocycles.